The highest BCUT2D eigenvalue weighted by molar-refractivity contribution is 14.0. The molecule has 0 amide bonds. The van der Waals surface area contributed by atoms with E-state index in [0.717, 1.165) is 5.56 Å². The van der Waals surface area contributed by atoms with Crippen LogP contribution in [0.2, 0.25) is 0 Å². The number of rotatable bonds is 8. The minimum absolute atomic E-state index is 0. The zero-order chi connectivity index (χ0) is 18.9. The van der Waals surface area contributed by atoms with Gasteiger partial charge in [0.05, 0.1) is 6.54 Å². The molecule has 1 aromatic heterocycles. The molecule has 0 aliphatic rings. The lowest BCUT2D eigenvalue weighted by Gasteiger charge is -2.13. The maximum Gasteiger partial charge on any atom is 0.387 e. The van der Waals surface area contributed by atoms with Crippen molar-refractivity contribution in [3.63, 3.8) is 0 Å². The summed E-state index contributed by atoms with van der Waals surface area (Å²) in [7, 11) is 0. The van der Waals surface area contributed by atoms with E-state index in [4.69, 9.17) is 4.52 Å². The van der Waals surface area contributed by atoms with Gasteiger partial charge in [0.1, 0.15) is 5.75 Å². The molecular weight excluding hydrogens is 471 g/mol. The normalized spacial score (nSPS) is 11.3. The van der Waals surface area contributed by atoms with Gasteiger partial charge < -0.3 is 19.9 Å². The van der Waals surface area contributed by atoms with Gasteiger partial charge in [-0.1, -0.05) is 22.9 Å². The molecule has 2 rings (SSSR count). The number of alkyl halides is 2. The molecule has 2 N–H and O–H groups in total. The van der Waals surface area contributed by atoms with E-state index in [1.807, 2.05) is 13.8 Å². The van der Waals surface area contributed by atoms with Gasteiger partial charge in [0.15, 0.2) is 11.8 Å². The van der Waals surface area contributed by atoms with E-state index in [1.54, 1.807) is 19.1 Å². The molecule has 0 saturated carbocycles. The Morgan fingerprint density at radius 2 is 2.07 bits per heavy atom. The number of hydrogen-bond acceptors (Lipinski definition) is 5. The van der Waals surface area contributed by atoms with Crippen LogP contribution in [0, 0.1) is 13.8 Å². The number of halogens is 3. The zero-order valence-corrected chi connectivity index (χ0v) is 17.8. The van der Waals surface area contributed by atoms with Crippen molar-refractivity contribution in [3.05, 3.63) is 41.0 Å². The van der Waals surface area contributed by atoms with Crippen LogP contribution in [0.1, 0.15) is 29.8 Å². The monoisotopic (exact) mass is 495 g/mol. The number of hydrogen-bond donors (Lipinski definition) is 2. The van der Waals surface area contributed by atoms with Gasteiger partial charge in [0, 0.05) is 25.1 Å². The van der Waals surface area contributed by atoms with Crippen molar-refractivity contribution in [3.8, 4) is 5.75 Å². The fraction of sp³-hybridized carbons (Fsp3) is 0.471. The molecule has 0 aliphatic heterocycles. The molecule has 10 heteroatoms. The molecule has 0 fully saturated rings. The Labute approximate surface area is 174 Å². The van der Waals surface area contributed by atoms with E-state index < -0.39 is 6.61 Å². The first-order valence-electron chi connectivity index (χ1n) is 8.33. The second-order valence-electron chi connectivity index (χ2n) is 5.60. The summed E-state index contributed by atoms with van der Waals surface area (Å²) in [6.45, 7) is 4.13. The summed E-state index contributed by atoms with van der Waals surface area (Å²) >= 11 is 0. The van der Waals surface area contributed by atoms with Crippen LogP contribution in [-0.2, 0) is 13.0 Å². The smallest absolute Gasteiger partial charge is 0.387 e. The lowest BCUT2D eigenvalue weighted by molar-refractivity contribution is -0.0504. The summed E-state index contributed by atoms with van der Waals surface area (Å²) in [5, 5.41) is 9.98. The summed E-state index contributed by atoms with van der Waals surface area (Å²) in [5.74, 6) is 1.82. The third-order valence-corrected chi connectivity index (χ3v) is 3.38. The summed E-state index contributed by atoms with van der Waals surface area (Å²) in [6, 6.07) is 5.04. The fourth-order valence-electron chi connectivity index (χ4n) is 2.28. The van der Waals surface area contributed by atoms with E-state index in [2.05, 4.69) is 30.5 Å². The second kappa shape index (κ2) is 11.7. The number of aliphatic imine (C=N–C) groups is 1. The molecule has 1 aromatic carbocycles. The van der Waals surface area contributed by atoms with Crippen molar-refractivity contribution >= 4 is 29.9 Å². The lowest BCUT2D eigenvalue weighted by Crippen LogP contribution is -2.38. The van der Waals surface area contributed by atoms with E-state index in [0.29, 0.717) is 42.7 Å². The van der Waals surface area contributed by atoms with Crippen LogP contribution in [0.25, 0.3) is 0 Å². The molecule has 27 heavy (non-hydrogen) atoms. The minimum Gasteiger partial charge on any atom is -0.434 e. The van der Waals surface area contributed by atoms with Gasteiger partial charge >= 0.3 is 6.61 Å². The van der Waals surface area contributed by atoms with Gasteiger partial charge in [-0.2, -0.15) is 13.8 Å². The van der Waals surface area contributed by atoms with Crippen LogP contribution in [0.4, 0.5) is 8.78 Å². The van der Waals surface area contributed by atoms with E-state index in [9.17, 15) is 8.78 Å². The molecule has 0 saturated heterocycles. The molecule has 7 nitrogen and oxygen atoms in total. The van der Waals surface area contributed by atoms with Crippen LogP contribution in [0.15, 0.2) is 27.7 Å². The molecule has 2 aromatic rings. The first-order valence-corrected chi connectivity index (χ1v) is 8.33. The first kappa shape index (κ1) is 23.1. The highest BCUT2D eigenvalue weighted by Gasteiger charge is 2.10. The average molecular weight is 495 g/mol. The number of aryl methyl sites for hydroxylation is 2. The number of ether oxygens (including phenoxy) is 1. The summed E-state index contributed by atoms with van der Waals surface area (Å²) in [5.41, 5.74) is 1.54. The van der Waals surface area contributed by atoms with Crippen LogP contribution < -0.4 is 15.4 Å². The van der Waals surface area contributed by atoms with Crippen LogP contribution in [0.5, 0.6) is 5.75 Å². The van der Waals surface area contributed by atoms with Gasteiger partial charge in [0.2, 0.25) is 5.89 Å². The highest BCUT2D eigenvalue weighted by atomic mass is 127. The lowest BCUT2D eigenvalue weighted by atomic mass is 10.1. The topological polar surface area (TPSA) is 84.6 Å². The molecule has 0 aliphatic carbocycles. The van der Waals surface area contributed by atoms with Gasteiger partial charge in [-0.15, -0.1) is 24.0 Å². The molecule has 0 atom stereocenters. The third-order valence-electron chi connectivity index (χ3n) is 3.38. The predicted octanol–water partition coefficient (Wildman–Crippen LogP) is 3.20. The fourth-order valence-corrected chi connectivity index (χ4v) is 2.28. The summed E-state index contributed by atoms with van der Waals surface area (Å²) in [6.07, 6.45) is 0.551. The first-order chi connectivity index (χ1) is 12.5. The highest BCUT2D eigenvalue weighted by Crippen LogP contribution is 2.22. The Kier molecular flexibility index (Phi) is 9.97. The van der Waals surface area contributed by atoms with Crippen LogP contribution in [-0.4, -0.2) is 35.8 Å². The third kappa shape index (κ3) is 8.06. The van der Waals surface area contributed by atoms with E-state index >= 15 is 0 Å². The number of nitrogens with one attached hydrogen (secondary N) is 2. The van der Waals surface area contributed by atoms with Crippen molar-refractivity contribution in [2.24, 2.45) is 4.99 Å². The molecule has 150 valence electrons. The number of guanidine groups is 1. The number of nitrogens with zero attached hydrogens (tertiary/aromatic N) is 3. The molecule has 0 radical (unpaired) electrons. The quantitative estimate of drug-likeness (QED) is 0.333. The van der Waals surface area contributed by atoms with Crippen LogP contribution >= 0.6 is 24.0 Å². The van der Waals surface area contributed by atoms with Gasteiger partial charge in [0.25, 0.3) is 0 Å². The van der Waals surface area contributed by atoms with E-state index in [1.165, 1.54) is 6.07 Å². The maximum atomic E-state index is 12.5. The van der Waals surface area contributed by atoms with Gasteiger partial charge in [-0.3, -0.25) is 0 Å². The zero-order valence-electron chi connectivity index (χ0n) is 15.5. The number of aromatic nitrogens is 2. The molecule has 0 unspecified atom stereocenters. The Balaban J connectivity index is 0.00000364. The van der Waals surface area contributed by atoms with Gasteiger partial charge in [-0.25, -0.2) is 4.99 Å². The molecular formula is C17H24F2IN5O2. The average Bonchev–Trinajstić information content (AvgIpc) is 2.99. The van der Waals surface area contributed by atoms with Crippen molar-refractivity contribution in [2.75, 3.05) is 13.1 Å². The molecule has 1 heterocycles. The Hall–Kier alpha value is -1.98. The van der Waals surface area contributed by atoms with Crippen molar-refractivity contribution < 1.29 is 18.0 Å². The Morgan fingerprint density at radius 3 is 2.70 bits per heavy atom. The Morgan fingerprint density at radius 1 is 1.30 bits per heavy atom. The minimum atomic E-state index is -2.87. The van der Waals surface area contributed by atoms with Crippen molar-refractivity contribution in [2.45, 2.75) is 40.3 Å². The SMILES string of the molecule is CCNC(=NCc1cc(C)ccc1OC(F)F)NCCc1nc(C)no1.I. The molecule has 0 spiro atoms. The standard InChI is InChI=1S/C17H23F2N5O2.HI/c1-4-20-17(21-8-7-15-23-12(3)24-26-15)22-10-13-9-11(2)5-6-14(13)25-16(18)19;/h5-6,9,16H,4,7-8,10H2,1-3H3,(H2,20,21,22);1H. The van der Waals surface area contributed by atoms with Crippen LogP contribution in [0.3, 0.4) is 0 Å². The van der Waals surface area contributed by atoms with Crippen molar-refractivity contribution in [1.29, 1.82) is 0 Å². The second-order valence-corrected chi connectivity index (χ2v) is 5.60. The molecule has 0 bridgehead atoms. The number of benzene rings is 1. The summed E-state index contributed by atoms with van der Waals surface area (Å²) in [4.78, 5) is 8.56. The summed E-state index contributed by atoms with van der Waals surface area (Å²) < 4.78 is 34.7. The Bertz CT molecular complexity index is 740. The largest absolute Gasteiger partial charge is 0.434 e. The predicted molar refractivity (Wildman–Crippen MR) is 109 cm³/mol. The van der Waals surface area contributed by atoms with Gasteiger partial charge in [-0.05, 0) is 26.8 Å². The van der Waals surface area contributed by atoms with Crippen molar-refractivity contribution in [1.82, 2.24) is 20.8 Å². The maximum absolute atomic E-state index is 12.5. The van der Waals surface area contributed by atoms with E-state index in [-0.39, 0.29) is 36.3 Å².